The minimum atomic E-state index is -1.03. The molecule has 0 amide bonds. The highest BCUT2D eigenvalue weighted by molar-refractivity contribution is 7.85. The Balaban J connectivity index is 2.69. The Morgan fingerprint density at radius 3 is 2.45 bits per heavy atom. The highest BCUT2D eigenvalue weighted by Gasteiger charge is 1.99. The summed E-state index contributed by atoms with van der Waals surface area (Å²) in [6, 6.07) is 9.15. The monoisotopic (exact) mass is 170 g/mol. The van der Waals surface area contributed by atoms with Crippen molar-refractivity contribution in [3.05, 3.63) is 30.3 Å². The standard InChI is InChI=1S/C8H10O2S/c9-6-7-11(10)8-4-2-1-3-5-8/h1-5,9H,6-7H2/t11-/m0/s1. The van der Waals surface area contributed by atoms with Gasteiger partial charge in [0.1, 0.15) is 0 Å². The Morgan fingerprint density at radius 1 is 1.27 bits per heavy atom. The molecule has 2 nitrogen and oxygen atoms in total. The van der Waals surface area contributed by atoms with E-state index >= 15 is 0 Å². The molecular weight excluding hydrogens is 160 g/mol. The SMILES string of the molecule is O=[S@@](CCO)c1ccccc1. The van der Waals surface area contributed by atoms with Gasteiger partial charge in [0.05, 0.1) is 23.2 Å². The van der Waals surface area contributed by atoms with E-state index in [-0.39, 0.29) is 6.61 Å². The average molecular weight is 170 g/mol. The molecule has 0 heterocycles. The molecule has 0 aliphatic carbocycles. The lowest BCUT2D eigenvalue weighted by molar-refractivity contribution is 0.321. The van der Waals surface area contributed by atoms with Crippen LogP contribution in [0.3, 0.4) is 0 Å². The molecule has 1 atom stereocenters. The number of aliphatic hydroxyl groups excluding tert-OH is 1. The third kappa shape index (κ3) is 2.44. The molecule has 1 aromatic rings. The third-order valence-corrected chi connectivity index (χ3v) is 2.63. The first-order valence-corrected chi connectivity index (χ1v) is 4.71. The van der Waals surface area contributed by atoms with Crippen LogP contribution in [-0.4, -0.2) is 21.7 Å². The Kier molecular flexibility index (Phi) is 3.26. The van der Waals surface area contributed by atoms with E-state index in [9.17, 15) is 4.21 Å². The van der Waals surface area contributed by atoms with Crippen molar-refractivity contribution in [1.82, 2.24) is 0 Å². The van der Waals surface area contributed by atoms with Gasteiger partial charge in [0.15, 0.2) is 0 Å². The molecule has 0 bridgehead atoms. The number of benzene rings is 1. The zero-order chi connectivity index (χ0) is 8.10. The Hall–Kier alpha value is -0.670. The maximum atomic E-state index is 11.2. The lowest BCUT2D eigenvalue weighted by atomic mass is 10.4. The van der Waals surface area contributed by atoms with Crippen LogP contribution in [0.5, 0.6) is 0 Å². The van der Waals surface area contributed by atoms with Crippen LogP contribution in [0.4, 0.5) is 0 Å². The fourth-order valence-electron chi connectivity index (χ4n) is 0.773. The van der Waals surface area contributed by atoms with E-state index < -0.39 is 10.8 Å². The largest absolute Gasteiger partial charge is 0.395 e. The van der Waals surface area contributed by atoms with Crippen molar-refractivity contribution in [2.24, 2.45) is 0 Å². The Morgan fingerprint density at radius 2 is 1.91 bits per heavy atom. The summed E-state index contributed by atoms with van der Waals surface area (Å²) >= 11 is 0. The summed E-state index contributed by atoms with van der Waals surface area (Å²) in [6.07, 6.45) is 0. The second-order valence-corrected chi connectivity index (χ2v) is 3.66. The van der Waals surface area contributed by atoms with E-state index in [4.69, 9.17) is 5.11 Å². The van der Waals surface area contributed by atoms with Crippen molar-refractivity contribution in [1.29, 1.82) is 0 Å². The van der Waals surface area contributed by atoms with Crippen molar-refractivity contribution in [2.75, 3.05) is 12.4 Å². The fraction of sp³-hybridized carbons (Fsp3) is 0.250. The predicted octanol–water partition coefficient (Wildman–Crippen LogP) is 0.787. The van der Waals surface area contributed by atoms with Gasteiger partial charge in [-0.1, -0.05) is 18.2 Å². The molecule has 1 aromatic carbocycles. The molecule has 1 N–H and O–H groups in total. The fourth-order valence-corrected chi connectivity index (χ4v) is 1.64. The molecule has 0 aliphatic heterocycles. The van der Waals surface area contributed by atoms with Gasteiger partial charge in [-0.05, 0) is 12.1 Å². The van der Waals surface area contributed by atoms with Crippen LogP contribution < -0.4 is 0 Å². The summed E-state index contributed by atoms with van der Waals surface area (Å²) in [4.78, 5) is 0.779. The normalized spacial score (nSPS) is 12.8. The number of rotatable bonds is 3. The second kappa shape index (κ2) is 4.26. The van der Waals surface area contributed by atoms with Crippen molar-refractivity contribution < 1.29 is 9.32 Å². The van der Waals surface area contributed by atoms with Gasteiger partial charge in [0.25, 0.3) is 0 Å². The summed E-state index contributed by atoms with van der Waals surface area (Å²) in [7, 11) is -1.03. The van der Waals surface area contributed by atoms with Gasteiger partial charge in [-0.3, -0.25) is 4.21 Å². The average Bonchev–Trinajstić information content (AvgIpc) is 2.07. The van der Waals surface area contributed by atoms with Crippen LogP contribution in [0.2, 0.25) is 0 Å². The maximum Gasteiger partial charge on any atom is 0.0552 e. The van der Waals surface area contributed by atoms with E-state index in [0.717, 1.165) is 4.90 Å². The van der Waals surface area contributed by atoms with Gasteiger partial charge in [0.2, 0.25) is 0 Å². The number of hydrogen-bond acceptors (Lipinski definition) is 2. The van der Waals surface area contributed by atoms with Crippen LogP contribution in [0.1, 0.15) is 0 Å². The van der Waals surface area contributed by atoms with Gasteiger partial charge in [0, 0.05) is 4.90 Å². The maximum absolute atomic E-state index is 11.2. The van der Waals surface area contributed by atoms with E-state index in [1.807, 2.05) is 18.2 Å². The van der Waals surface area contributed by atoms with Gasteiger partial charge < -0.3 is 5.11 Å². The van der Waals surface area contributed by atoms with Crippen LogP contribution in [0.15, 0.2) is 35.2 Å². The molecule has 0 saturated heterocycles. The van der Waals surface area contributed by atoms with Crippen LogP contribution in [0.25, 0.3) is 0 Å². The van der Waals surface area contributed by atoms with Crippen LogP contribution >= 0.6 is 0 Å². The van der Waals surface area contributed by atoms with E-state index in [1.54, 1.807) is 12.1 Å². The van der Waals surface area contributed by atoms with Crippen molar-refractivity contribution in [3.63, 3.8) is 0 Å². The zero-order valence-corrected chi connectivity index (χ0v) is 6.88. The quantitative estimate of drug-likeness (QED) is 0.728. The van der Waals surface area contributed by atoms with E-state index in [0.29, 0.717) is 5.75 Å². The first kappa shape index (κ1) is 8.43. The molecule has 60 valence electrons. The van der Waals surface area contributed by atoms with E-state index in [2.05, 4.69) is 0 Å². The number of hydrogen-bond donors (Lipinski definition) is 1. The Bertz CT molecular complexity index is 233. The molecule has 0 fully saturated rings. The molecular formula is C8H10O2S. The lowest BCUT2D eigenvalue weighted by Gasteiger charge is -1.97. The smallest absolute Gasteiger partial charge is 0.0552 e. The summed E-state index contributed by atoms with van der Waals surface area (Å²) in [5.74, 6) is 0.323. The molecule has 3 heteroatoms. The predicted molar refractivity (Wildman–Crippen MR) is 44.8 cm³/mol. The minimum absolute atomic E-state index is 0.0263. The molecule has 11 heavy (non-hydrogen) atoms. The summed E-state index contributed by atoms with van der Waals surface area (Å²) in [6.45, 7) is -0.0263. The van der Waals surface area contributed by atoms with Crippen molar-refractivity contribution in [3.8, 4) is 0 Å². The third-order valence-electron chi connectivity index (χ3n) is 1.28. The highest BCUT2D eigenvalue weighted by atomic mass is 32.2. The highest BCUT2D eigenvalue weighted by Crippen LogP contribution is 2.04. The van der Waals surface area contributed by atoms with Crippen molar-refractivity contribution >= 4 is 10.8 Å². The molecule has 0 aliphatic rings. The summed E-state index contributed by atoms with van der Waals surface area (Å²) in [5.41, 5.74) is 0. The first-order chi connectivity index (χ1) is 5.34. The molecule has 0 spiro atoms. The number of aliphatic hydroxyl groups is 1. The van der Waals surface area contributed by atoms with Gasteiger partial charge in [-0.25, -0.2) is 0 Å². The first-order valence-electron chi connectivity index (χ1n) is 3.39. The van der Waals surface area contributed by atoms with Crippen LogP contribution in [-0.2, 0) is 10.8 Å². The molecule has 0 aromatic heterocycles. The lowest BCUT2D eigenvalue weighted by Crippen LogP contribution is -2.01. The minimum Gasteiger partial charge on any atom is -0.395 e. The topological polar surface area (TPSA) is 37.3 Å². The molecule has 0 radical (unpaired) electrons. The van der Waals surface area contributed by atoms with Gasteiger partial charge in [-0.15, -0.1) is 0 Å². The van der Waals surface area contributed by atoms with E-state index in [1.165, 1.54) is 0 Å². The summed E-state index contributed by atoms with van der Waals surface area (Å²) < 4.78 is 11.2. The molecule has 0 unspecified atom stereocenters. The second-order valence-electron chi connectivity index (χ2n) is 2.09. The van der Waals surface area contributed by atoms with Crippen LogP contribution in [0, 0.1) is 0 Å². The van der Waals surface area contributed by atoms with Gasteiger partial charge >= 0.3 is 0 Å². The summed E-state index contributed by atoms with van der Waals surface area (Å²) in [5, 5.41) is 8.50. The zero-order valence-electron chi connectivity index (χ0n) is 6.06. The van der Waals surface area contributed by atoms with Crippen molar-refractivity contribution in [2.45, 2.75) is 4.90 Å². The molecule has 1 rings (SSSR count). The molecule has 0 saturated carbocycles. The Labute approximate surface area is 68.3 Å². The van der Waals surface area contributed by atoms with Gasteiger partial charge in [-0.2, -0.15) is 0 Å².